The van der Waals surface area contributed by atoms with Crippen molar-refractivity contribution >= 4 is 52.5 Å². The van der Waals surface area contributed by atoms with Crippen LogP contribution < -0.4 is 10.5 Å². The van der Waals surface area contributed by atoms with Crippen molar-refractivity contribution in [2.75, 3.05) is 18.1 Å². The Morgan fingerprint density at radius 1 is 1.10 bits per heavy atom. The third-order valence-electron chi connectivity index (χ3n) is 10.4. The van der Waals surface area contributed by atoms with Gasteiger partial charge in [-0.15, -0.1) is 0 Å². The molecule has 1 spiro atoms. The van der Waals surface area contributed by atoms with Gasteiger partial charge in [-0.3, -0.25) is 14.4 Å². The average Bonchev–Trinajstić information content (AvgIpc) is 3.72. The molecule has 0 bridgehead atoms. The van der Waals surface area contributed by atoms with Crippen LogP contribution in [0.1, 0.15) is 37.3 Å². The predicted molar refractivity (Wildman–Crippen MR) is 188 cm³/mol. The number of likely N-dealkylation sites (tertiary alicyclic amines) is 1. The minimum atomic E-state index is -2.96. The zero-order valence-electron chi connectivity index (χ0n) is 27.2. The number of hydrogen-bond donors (Lipinski definition) is 2. The topological polar surface area (TPSA) is 125 Å². The van der Waals surface area contributed by atoms with Crippen LogP contribution in [0.15, 0.2) is 82.2 Å². The van der Waals surface area contributed by atoms with Crippen molar-refractivity contribution < 1.29 is 24.2 Å². The number of amides is 2. The average molecular weight is 732 g/mol. The number of nitrogens with zero attached hydrogens (tertiary/aromatic N) is 4. The zero-order valence-corrected chi connectivity index (χ0v) is 29.8. The van der Waals surface area contributed by atoms with Gasteiger partial charge in [0.2, 0.25) is 5.91 Å². The molecule has 2 fully saturated rings. The summed E-state index contributed by atoms with van der Waals surface area (Å²) in [5, 5.41) is 15.6. The highest BCUT2D eigenvalue weighted by molar-refractivity contribution is 9.10. The van der Waals surface area contributed by atoms with Crippen LogP contribution in [0.4, 0.5) is 5.69 Å². The Balaban J connectivity index is 1.21. The molecule has 0 unspecified atom stereocenters. The number of benzene rings is 3. The summed E-state index contributed by atoms with van der Waals surface area (Å²) in [6.07, 6.45) is 2.62. The molecule has 0 saturated carbocycles. The molecule has 2 amide bonds. The Morgan fingerprint density at radius 3 is 2.58 bits per heavy atom. The van der Waals surface area contributed by atoms with Gasteiger partial charge in [0.15, 0.2) is 13.9 Å². The van der Waals surface area contributed by atoms with Crippen LogP contribution in [0, 0.1) is 5.92 Å². The molecule has 10 nitrogen and oxygen atoms in total. The van der Waals surface area contributed by atoms with E-state index in [2.05, 4.69) is 21.0 Å². The molecule has 0 aliphatic carbocycles. The van der Waals surface area contributed by atoms with Gasteiger partial charge in [-0.1, -0.05) is 53.2 Å². The first-order valence-electron chi connectivity index (χ1n) is 16.4. The fourth-order valence-electron chi connectivity index (χ4n) is 8.25. The second kappa shape index (κ2) is 12.3. The Morgan fingerprint density at radius 2 is 1.85 bits per heavy atom. The molecule has 7 rings (SSSR count). The smallest absolute Gasteiger partial charge is 0.279 e. The lowest BCUT2D eigenvalue weighted by molar-refractivity contribution is -0.150. The molecule has 0 radical (unpaired) electrons. The van der Waals surface area contributed by atoms with E-state index in [-0.39, 0.29) is 48.5 Å². The van der Waals surface area contributed by atoms with E-state index in [1.165, 1.54) is 4.68 Å². The second-order valence-corrected chi connectivity index (χ2v) is 18.7. The molecule has 4 aromatic rings. The Bertz CT molecular complexity index is 1960. The summed E-state index contributed by atoms with van der Waals surface area (Å²) in [4.78, 5) is 56.6. The number of anilines is 1. The van der Waals surface area contributed by atoms with Crippen LogP contribution in [0.3, 0.4) is 0 Å². The second-order valence-electron chi connectivity index (χ2n) is 13.8. The molecule has 3 aliphatic heterocycles. The Kier molecular flexibility index (Phi) is 8.44. The van der Waals surface area contributed by atoms with Crippen molar-refractivity contribution in [3.05, 3.63) is 98.9 Å². The maximum absolute atomic E-state index is 14.8. The summed E-state index contributed by atoms with van der Waals surface area (Å²) in [5.74, 6) is -0.763. The van der Waals surface area contributed by atoms with Gasteiger partial charge in [-0.05, 0) is 67.9 Å². The normalized spacial score (nSPS) is 25.4. The predicted octanol–water partition coefficient (Wildman–Crippen LogP) is 4.87. The minimum Gasteiger partial charge on any atom is -0.432 e. The summed E-state index contributed by atoms with van der Waals surface area (Å²) in [5.41, 5.74) is 0.911. The molecule has 4 heterocycles. The Labute approximate surface area is 288 Å². The number of aliphatic hydroxyl groups excluding tert-OH is 1. The van der Waals surface area contributed by atoms with E-state index in [1.807, 2.05) is 80.7 Å². The highest BCUT2D eigenvalue weighted by Crippen LogP contribution is 2.60. The fourth-order valence-corrected chi connectivity index (χ4v) is 11.2. The molecule has 48 heavy (non-hydrogen) atoms. The quantitative estimate of drug-likeness (QED) is 0.260. The molecule has 5 atom stereocenters. The van der Waals surface area contributed by atoms with Crippen molar-refractivity contribution in [1.82, 2.24) is 14.7 Å². The Hall–Kier alpha value is -3.68. The highest BCUT2D eigenvalue weighted by atomic mass is 79.9. The number of carbonyl (C=O) groups excluding carboxylic acids is 2. The monoisotopic (exact) mass is 730 g/mol. The zero-order chi connectivity index (χ0) is 34.0. The minimum absolute atomic E-state index is 0.0322. The van der Waals surface area contributed by atoms with Gasteiger partial charge < -0.3 is 24.4 Å². The summed E-state index contributed by atoms with van der Waals surface area (Å²) in [7, 11) is -2.96. The number of halogens is 1. The maximum Gasteiger partial charge on any atom is 0.279 e. The van der Waals surface area contributed by atoms with Gasteiger partial charge >= 0.3 is 0 Å². The van der Waals surface area contributed by atoms with E-state index in [1.54, 1.807) is 22.1 Å². The van der Waals surface area contributed by atoms with E-state index >= 15 is 0 Å². The lowest BCUT2D eigenvalue weighted by Gasteiger charge is -2.32. The lowest BCUT2D eigenvalue weighted by Crippen LogP contribution is -2.46. The molecule has 3 aliphatic rings. The summed E-state index contributed by atoms with van der Waals surface area (Å²) in [6, 6.07) is 20.2. The largest absolute Gasteiger partial charge is 0.432 e. The number of aliphatic hydroxyl groups is 1. The molecule has 250 valence electrons. The molecular formula is C36H39BrN4O6Si. The van der Waals surface area contributed by atoms with E-state index in [4.69, 9.17) is 4.74 Å². The molecule has 3 aromatic carbocycles. The summed E-state index contributed by atoms with van der Waals surface area (Å²) >= 11 is 3.60. The summed E-state index contributed by atoms with van der Waals surface area (Å²) in [6.45, 7) is 6.39. The van der Waals surface area contributed by atoms with Gasteiger partial charge in [-0.25, -0.2) is 0 Å². The van der Waals surface area contributed by atoms with Crippen LogP contribution in [-0.2, 0) is 26.5 Å². The number of fused-ring (bicyclic) bond motifs is 3. The van der Waals surface area contributed by atoms with Crippen molar-refractivity contribution in [1.29, 1.82) is 0 Å². The molecule has 1 aromatic heterocycles. The van der Waals surface area contributed by atoms with Crippen LogP contribution in [0.2, 0.25) is 18.6 Å². The van der Waals surface area contributed by atoms with Crippen LogP contribution in [-0.4, -0.2) is 70.0 Å². The van der Waals surface area contributed by atoms with Gasteiger partial charge in [0.25, 0.3) is 11.5 Å². The fraction of sp³-hybridized carbons (Fsp3) is 0.389. The summed E-state index contributed by atoms with van der Waals surface area (Å²) < 4.78 is 9.02. The first-order valence-corrected chi connectivity index (χ1v) is 20.2. The van der Waals surface area contributed by atoms with Crippen molar-refractivity contribution in [2.24, 2.45) is 5.92 Å². The standard InChI is InChI=1S/C36H39BrN4O6Si/c1-22-33(48(2,3)46)31(18-32(43)39-16-6-8-27(39)21-42)47-36(22)29-17-25(37)12-15-30(29)40(35(36)45)20-23-10-13-26(14-11-23)41-34(44)28-9-5-4-7-24(28)19-38-41/h4-5,7,9-15,17,19,22,27,31,33,42,46H,6,8,16,18,20-21H2,1-3H3/t22-,27+,31+,33-,36+/m1/s1. The molecular weight excluding hydrogens is 692 g/mol. The SMILES string of the molecule is C[C@@H]1[C@@H]([Si](C)(C)O)[C@H](CC(=O)N2CCC[C@H]2CO)O[C@@]12C(=O)N(Cc1ccc(-n3ncc4ccccc4c3=O)cc1)c1ccc(Br)cc12. The van der Waals surface area contributed by atoms with Gasteiger partial charge in [0.1, 0.15) is 0 Å². The number of rotatable bonds is 7. The highest BCUT2D eigenvalue weighted by Gasteiger charge is 2.66. The lowest BCUT2D eigenvalue weighted by atomic mass is 9.82. The van der Waals surface area contributed by atoms with E-state index in [0.29, 0.717) is 23.2 Å². The van der Waals surface area contributed by atoms with E-state index in [0.717, 1.165) is 34.0 Å². The molecule has 12 heteroatoms. The number of carbonyl (C=O) groups is 2. The van der Waals surface area contributed by atoms with E-state index in [9.17, 15) is 24.3 Å². The third-order valence-corrected chi connectivity index (χ3v) is 13.4. The van der Waals surface area contributed by atoms with Crippen LogP contribution in [0.5, 0.6) is 0 Å². The van der Waals surface area contributed by atoms with Crippen LogP contribution in [0.25, 0.3) is 16.5 Å². The van der Waals surface area contributed by atoms with Crippen molar-refractivity contribution in [2.45, 2.75) is 69.1 Å². The third kappa shape index (κ3) is 5.34. The maximum atomic E-state index is 14.8. The van der Waals surface area contributed by atoms with Gasteiger partial charge in [0, 0.05) is 33.4 Å². The number of aromatic nitrogens is 2. The molecule has 2 saturated heterocycles. The number of ether oxygens (including phenoxy) is 1. The van der Waals surface area contributed by atoms with Gasteiger partial charge in [0.05, 0.1) is 54.7 Å². The number of hydrogen-bond acceptors (Lipinski definition) is 7. The van der Waals surface area contributed by atoms with Crippen molar-refractivity contribution in [3.8, 4) is 5.69 Å². The first kappa shape index (κ1) is 32.8. The first-order chi connectivity index (χ1) is 22.9. The van der Waals surface area contributed by atoms with Crippen LogP contribution >= 0.6 is 15.9 Å². The van der Waals surface area contributed by atoms with E-state index < -0.39 is 25.9 Å². The van der Waals surface area contributed by atoms with Crippen molar-refractivity contribution in [3.63, 3.8) is 0 Å². The van der Waals surface area contributed by atoms with Gasteiger partial charge in [-0.2, -0.15) is 9.78 Å². The molecule has 2 N–H and O–H groups in total.